The Kier molecular flexibility index (Phi) is 6.25. The maximum absolute atomic E-state index is 12.7. The Morgan fingerprint density at radius 1 is 1.29 bits per heavy atom. The van der Waals surface area contributed by atoms with Crippen LogP contribution in [0.4, 0.5) is 0 Å². The molecule has 1 aromatic carbocycles. The maximum atomic E-state index is 12.7. The molecule has 0 spiro atoms. The van der Waals surface area contributed by atoms with Crippen LogP contribution in [-0.4, -0.2) is 38.6 Å². The van der Waals surface area contributed by atoms with Gasteiger partial charge in [-0.3, -0.25) is 4.79 Å². The predicted molar refractivity (Wildman–Crippen MR) is 108 cm³/mol. The average molecular weight is 400 g/mol. The number of carbonyl (C=O) groups is 1. The van der Waals surface area contributed by atoms with Crippen molar-refractivity contribution in [2.75, 3.05) is 7.11 Å². The molecule has 0 saturated heterocycles. The molecule has 8 heteroatoms. The summed E-state index contributed by atoms with van der Waals surface area (Å²) in [5, 5.41) is 21.3. The van der Waals surface area contributed by atoms with Gasteiger partial charge in [-0.05, 0) is 44.0 Å². The van der Waals surface area contributed by atoms with E-state index in [4.69, 9.17) is 4.74 Å². The predicted octanol–water partition coefficient (Wildman–Crippen LogP) is 3.31. The third kappa shape index (κ3) is 4.30. The highest BCUT2D eigenvalue weighted by molar-refractivity contribution is 8.00. The fourth-order valence-electron chi connectivity index (χ4n) is 3.38. The van der Waals surface area contributed by atoms with Crippen molar-refractivity contribution in [1.29, 1.82) is 5.26 Å². The van der Waals surface area contributed by atoms with Crippen LogP contribution in [0.25, 0.3) is 11.4 Å². The molecule has 1 aromatic heterocycles. The Hall–Kier alpha value is -2.53. The second-order valence-corrected chi connectivity index (χ2v) is 8.41. The van der Waals surface area contributed by atoms with Crippen LogP contribution in [0, 0.1) is 11.3 Å². The highest BCUT2D eigenvalue weighted by Crippen LogP contribution is 2.30. The summed E-state index contributed by atoms with van der Waals surface area (Å²) >= 11 is 1.34. The number of hydrogen-bond donors (Lipinski definition) is 1. The number of amides is 1. The summed E-state index contributed by atoms with van der Waals surface area (Å²) in [6, 6.07) is 9.92. The number of nitriles is 1. The largest absolute Gasteiger partial charge is 0.497 e. The highest BCUT2D eigenvalue weighted by Gasteiger charge is 2.35. The summed E-state index contributed by atoms with van der Waals surface area (Å²) in [4.78, 5) is 12.7. The molecule has 1 N–H and O–H groups in total. The molecule has 148 valence electrons. The fraction of sp³-hybridized carbons (Fsp3) is 0.500. The van der Waals surface area contributed by atoms with E-state index >= 15 is 0 Å². The minimum atomic E-state index is -0.724. The molecule has 0 unspecified atom stereocenters. The fourth-order valence-corrected chi connectivity index (χ4v) is 4.19. The van der Waals surface area contributed by atoms with Crippen molar-refractivity contribution >= 4 is 17.7 Å². The number of aromatic nitrogens is 3. The summed E-state index contributed by atoms with van der Waals surface area (Å²) in [6.45, 7) is 1.83. The van der Waals surface area contributed by atoms with Gasteiger partial charge in [0.1, 0.15) is 11.3 Å². The smallest absolute Gasteiger partial charge is 0.234 e. The quantitative estimate of drug-likeness (QED) is 0.749. The molecule has 1 fully saturated rings. The molecule has 1 aliphatic carbocycles. The van der Waals surface area contributed by atoms with Gasteiger partial charge in [0, 0.05) is 12.6 Å². The number of benzene rings is 1. The zero-order valence-electron chi connectivity index (χ0n) is 16.4. The van der Waals surface area contributed by atoms with Gasteiger partial charge in [0.05, 0.1) is 18.4 Å². The molecule has 0 bridgehead atoms. The summed E-state index contributed by atoms with van der Waals surface area (Å²) in [5.74, 6) is 1.36. The van der Waals surface area contributed by atoms with Crippen molar-refractivity contribution in [3.05, 3.63) is 24.3 Å². The van der Waals surface area contributed by atoms with E-state index in [0.717, 1.165) is 49.2 Å². The van der Waals surface area contributed by atoms with Gasteiger partial charge < -0.3 is 14.6 Å². The van der Waals surface area contributed by atoms with Crippen molar-refractivity contribution in [3.8, 4) is 23.2 Å². The lowest BCUT2D eigenvalue weighted by atomic mass is 9.83. The van der Waals surface area contributed by atoms with E-state index in [0.29, 0.717) is 5.16 Å². The van der Waals surface area contributed by atoms with E-state index in [-0.39, 0.29) is 11.2 Å². The van der Waals surface area contributed by atoms with Gasteiger partial charge in [0.15, 0.2) is 11.0 Å². The SMILES string of the molecule is COc1ccc(-c2nnc(S[C@H](C)C(=O)NC3(C#N)CCCCC3)n2C)cc1. The number of ether oxygens (including phenoxy) is 1. The molecule has 0 aliphatic heterocycles. The zero-order valence-corrected chi connectivity index (χ0v) is 17.3. The Balaban J connectivity index is 1.68. The van der Waals surface area contributed by atoms with Crippen molar-refractivity contribution in [2.45, 2.75) is 55.0 Å². The second-order valence-electron chi connectivity index (χ2n) is 7.10. The van der Waals surface area contributed by atoms with E-state index in [1.807, 2.05) is 42.8 Å². The Morgan fingerprint density at radius 3 is 2.57 bits per heavy atom. The molecular formula is C20H25N5O2S. The number of carbonyl (C=O) groups excluding carboxylic acids is 1. The Labute approximate surface area is 169 Å². The van der Waals surface area contributed by atoms with E-state index in [1.54, 1.807) is 7.11 Å². The maximum Gasteiger partial charge on any atom is 0.234 e. The van der Waals surface area contributed by atoms with Gasteiger partial charge in [0.2, 0.25) is 5.91 Å². The first-order chi connectivity index (χ1) is 13.5. The molecule has 3 rings (SSSR count). The van der Waals surface area contributed by atoms with Crippen LogP contribution >= 0.6 is 11.8 Å². The minimum absolute atomic E-state index is 0.137. The number of nitrogens with zero attached hydrogens (tertiary/aromatic N) is 4. The van der Waals surface area contributed by atoms with E-state index < -0.39 is 5.54 Å². The molecule has 1 aliphatic rings. The molecule has 2 aromatic rings. The molecule has 7 nitrogen and oxygen atoms in total. The molecule has 1 saturated carbocycles. The first-order valence-corrected chi connectivity index (χ1v) is 10.3. The molecular weight excluding hydrogens is 374 g/mol. The molecule has 1 atom stereocenters. The van der Waals surface area contributed by atoms with Crippen molar-refractivity contribution in [2.24, 2.45) is 7.05 Å². The van der Waals surface area contributed by atoms with Crippen molar-refractivity contribution < 1.29 is 9.53 Å². The highest BCUT2D eigenvalue weighted by atomic mass is 32.2. The second kappa shape index (κ2) is 8.65. The average Bonchev–Trinajstić information content (AvgIpc) is 3.08. The van der Waals surface area contributed by atoms with Crippen LogP contribution < -0.4 is 10.1 Å². The lowest BCUT2D eigenvalue weighted by Crippen LogP contribution is -2.50. The summed E-state index contributed by atoms with van der Waals surface area (Å²) < 4.78 is 7.06. The van der Waals surface area contributed by atoms with Crippen LogP contribution in [0.3, 0.4) is 0 Å². The standard InChI is InChI=1S/C20H25N5O2S/c1-14(18(26)22-20(13-21)11-5-4-6-12-20)28-19-24-23-17(25(19)2)15-7-9-16(27-3)10-8-15/h7-10,14H,4-6,11-12H2,1-3H3,(H,22,26)/t14-/m1/s1. The topological polar surface area (TPSA) is 92.8 Å². The van der Waals surface area contributed by atoms with Gasteiger partial charge >= 0.3 is 0 Å². The first-order valence-electron chi connectivity index (χ1n) is 9.42. The van der Waals surface area contributed by atoms with Crippen molar-refractivity contribution in [3.63, 3.8) is 0 Å². The molecule has 0 radical (unpaired) electrons. The van der Waals surface area contributed by atoms with E-state index in [1.165, 1.54) is 11.8 Å². The number of thioether (sulfide) groups is 1. The minimum Gasteiger partial charge on any atom is -0.497 e. The third-order valence-electron chi connectivity index (χ3n) is 5.12. The van der Waals surface area contributed by atoms with Gasteiger partial charge in [0.25, 0.3) is 0 Å². The zero-order chi connectivity index (χ0) is 20.1. The Morgan fingerprint density at radius 2 is 1.96 bits per heavy atom. The first kappa shape index (κ1) is 20.2. The van der Waals surface area contributed by atoms with Crippen LogP contribution in [-0.2, 0) is 11.8 Å². The van der Waals surface area contributed by atoms with Crippen LogP contribution in [0.1, 0.15) is 39.0 Å². The third-order valence-corrected chi connectivity index (χ3v) is 6.25. The molecule has 1 amide bonds. The number of methoxy groups -OCH3 is 1. The van der Waals surface area contributed by atoms with E-state index in [9.17, 15) is 10.1 Å². The van der Waals surface area contributed by atoms with Crippen LogP contribution in [0.5, 0.6) is 5.75 Å². The van der Waals surface area contributed by atoms with Gasteiger partial charge in [-0.25, -0.2) is 0 Å². The summed E-state index contributed by atoms with van der Waals surface area (Å²) in [5.41, 5.74) is 0.198. The van der Waals surface area contributed by atoms with Gasteiger partial charge in [-0.15, -0.1) is 10.2 Å². The van der Waals surface area contributed by atoms with E-state index in [2.05, 4.69) is 21.6 Å². The van der Waals surface area contributed by atoms with Gasteiger partial charge in [-0.1, -0.05) is 31.0 Å². The monoisotopic (exact) mass is 399 g/mol. The number of nitrogens with one attached hydrogen (secondary N) is 1. The number of rotatable bonds is 6. The van der Waals surface area contributed by atoms with Gasteiger partial charge in [-0.2, -0.15) is 5.26 Å². The molecule has 1 heterocycles. The van der Waals surface area contributed by atoms with Crippen molar-refractivity contribution in [1.82, 2.24) is 20.1 Å². The van der Waals surface area contributed by atoms with Crippen LogP contribution in [0.15, 0.2) is 29.4 Å². The lowest BCUT2D eigenvalue weighted by molar-refractivity contribution is -0.121. The summed E-state index contributed by atoms with van der Waals surface area (Å²) in [7, 11) is 3.51. The molecule has 28 heavy (non-hydrogen) atoms. The lowest BCUT2D eigenvalue weighted by Gasteiger charge is -2.32. The summed E-state index contributed by atoms with van der Waals surface area (Å²) in [6.07, 6.45) is 4.51. The normalized spacial score (nSPS) is 16.8. The number of hydrogen-bond acceptors (Lipinski definition) is 6. The van der Waals surface area contributed by atoms with Crippen LogP contribution in [0.2, 0.25) is 0 Å². The Bertz CT molecular complexity index is 866.